The Morgan fingerprint density at radius 2 is 1.96 bits per heavy atom. The summed E-state index contributed by atoms with van der Waals surface area (Å²) in [6, 6.07) is 8.09. The highest BCUT2D eigenvalue weighted by Gasteiger charge is 2.10. The Morgan fingerprint density at radius 3 is 2.62 bits per heavy atom. The SMILES string of the molecule is Cc1cc(NC(C)Cn2nc(C)cc2C)nc(-c2cccnc2)n1. The van der Waals surface area contributed by atoms with Gasteiger partial charge in [0, 0.05) is 41.5 Å². The lowest BCUT2D eigenvalue weighted by Gasteiger charge is -2.16. The zero-order chi connectivity index (χ0) is 17.1. The van der Waals surface area contributed by atoms with Gasteiger partial charge in [-0.2, -0.15) is 5.10 Å². The van der Waals surface area contributed by atoms with Crippen LogP contribution < -0.4 is 5.32 Å². The van der Waals surface area contributed by atoms with Crippen LogP contribution in [0.5, 0.6) is 0 Å². The third-order valence-electron chi connectivity index (χ3n) is 3.72. The molecule has 0 spiro atoms. The predicted octanol–water partition coefficient (Wildman–Crippen LogP) is 3.16. The zero-order valence-electron chi connectivity index (χ0n) is 14.5. The minimum Gasteiger partial charge on any atom is -0.366 e. The second-order valence-corrected chi connectivity index (χ2v) is 6.11. The molecule has 1 atom stereocenters. The first-order valence-electron chi connectivity index (χ1n) is 8.05. The first-order chi connectivity index (χ1) is 11.5. The summed E-state index contributed by atoms with van der Waals surface area (Å²) < 4.78 is 2.02. The maximum Gasteiger partial charge on any atom is 0.163 e. The van der Waals surface area contributed by atoms with E-state index < -0.39 is 0 Å². The molecule has 0 radical (unpaired) electrons. The van der Waals surface area contributed by atoms with E-state index in [0.29, 0.717) is 5.82 Å². The lowest BCUT2D eigenvalue weighted by Crippen LogP contribution is -2.24. The normalized spacial score (nSPS) is 12.2. The Bertz CT molecular complexity index is 825. The lowest BCUT2D eigenvalue weighted by molar-refractivity contribution is 0.544. The summed E-state index contributed by atoms with van der Waals surface area (Å²) >= 11 is 0. The number of rotatable bonds is 5. The van der Waals surface area contributed by atoms with Crippen molar-refractivity contribution in [3.8, 4) is 11.4 Å². The summed E-state index contributed by atoms with van der Waals surface area (Å²) in [5.74, 6) is 1.50. The van der Waals surface area contributed by atoms with E-state index in [-0.39, 0.29) is 6.04 Å². The fourth-order valence-corrected chi connectivity index (χ4v) is 2.68. The van der Waals surface area contributed by atoms with Crippen molar-refractivity contribution in [2.75, 3.05) is 5.32 Å². The molecule has 3 aromatic rings. The number of nitrogens with zero attached hydrogens (tertiary/aromatic N) is 5. The topological polar surface area (TPSA) is 68.5 Å². The summed E-state index contributed by atoms with van der Waals surface area (Å²) in [6.07, 6.45) is 3.52. The highest BCUT2D eigenvalue weighted by molar-refractivity contribution is 5.56. The van der Waals surface area contributed by atoms with Crippen LogP contribution >= 0.6 is 0 Å². The molecule has 124 valence electrons. The molecule has 0 fully saturated rings. The number of aromatic nitrogens is 5. The number of pyridine rings is 1. The van der Waals surface area contributed by atoms with E-state index in [4.69, 9.17) is 0 Å². The molecule has 0 aliphatic carbocycles. The highest BCUT2D eigenvalue weighted by Crippen LogP contribution is 2.17. The van der Waals surface area contributed by atoms with Crippen molar-refractivity contribution in [3.63, 3.8) is 0 Å². The molecule has 6 nitrogen and oxygen atoms in total. The fourth-order valence-electron chi connectivity index (χ4n) is 2.68. The van der Waals surface area contributed by atoms with Crippen molar-refractivity contribution in [1.82, 2.24) is 24.7 Å². The van der Waals surface area contributed by atoms with E-state index in [1.54, 1.807) is 12.4 Å². The highest BCUT2D eigenvalue weighted by atomic mass is 15.3. The standard InChI is InChI=1S/C18H22N6/c1-12-9-17(22-18(21-12)16-6-5-7-19-10-16)20-14(3)11-24-15(4)8-13(2)23-24/h5-10,14H,11H2,1-4H3,(H,20,21,22). The summed E-state index contributed by atoms with van der Waals surface area (Å²) in [6.45, 7) is 8.96. The van der Waals surface area contributed by atoms with Crippen molar-refractivity contribution in [2.45, 2.75) is 40.3 Å². The lowest BCUT2D eigenvalue weighted by atomic mass is 10.2. The van der Waals surface area contributed by atoms with Crippen LogP contribution in [0.1, 0.15) is 24.0 Å². The molecule has 0 aliphatic heterocycles. The molecule has 0 bridgehead atoms. The van der Waals surface area contributed by atoms with Crippen LogP contribution in [0, 0.1) is 20.8 Å². The molecule has 24 heavy (non-hydrogen) atoms. The molecule has 0 saturated carbocycles. The number of nitrogens with one attached hydrogen (secondary N) is 1. The number of hydrogen-bond acceptors (Lipinski definition) is 5. The second kappa shape index (κ2) is 6.78. The fraction of sp³-hybridized carbons (Fsp3) is 0.333. The zero-order valence-corrected chi connectivity index (χ0v) is 14.5. The predicted molar refractivity (Wildman–Crippen MR) is 94.8 cm³/mol. The molecule has 1 N–H and O–H groups in total. The van der Waals surface area contributed by atoms with Crippen LogP contribution in [0.25, 0.3) is 11.4 Å². The van der Waals surface area contributed by atoms with Gasteiger partial charge >= 0.3 is 0 Å². The van der Waals surface area contributed by atoms with Gasteiger partial charge in [-0.15, -0.1) is 0 Å². The van der Waals surface area contributed by atoms with Crippen molar-refractivity contribution >= 4 is 5.82 Å². The van der Waals surface area contributed by atoms with Gasteiger partial charge in [0.25, 0.3) is 0 Å². The van der Waals surface area contributed by atoms with Gasteiger partial charge in [0.1, 0.15) is 5.82 Å². The van der Waals surface area contributed by atoms with Gasteiger partial charge < -0.3 is 5.32 Å². The average Bonchev–Trinajstić information content (AvgIpc) is 2.85. The number of aryl methyl sites for hydroxylation is 3. The molecule has 3 heterocycles. The van der Waals surface area contributed by atoms with E-state index >= 15 is 0 Å². The maximum absolute atomic E-state index is 4.62. The summed E-state index contributed by atoms with van der Waals surface area (Å²) in [4.78, 5) is 13.3. The molecule has 0 aromatic carbocycles. The van der Waals surface area contributed by atoms with E-state index in [1.165, 1.54) is 0 Å². The number of hydrogen-bond donors (Lipinski definition) is 1. The van der Waals surface area contributed by atoms with Crippen LogP contribution in [-0.2, 0) is 6.54 Å². The number of anilines is 1. The van der Waals surface area contributed by atoms with Gasteiger partial charge in [0.2, 0.25) is 0 Å². The molecule has 3 aromatic heterocycles. The monoisotopic (exact) mass is 322 g/mol. The Hall–Kier alpha value is -2.76. The molecular weight excluding hydrogens is 300 g/mol. The quantitative estimate of drug-likeness (QED) is 0.781. The van der Waals surface area contributed by atoms with Crippen LogP contribution in [0.2, 0.25) is 0 Å². The third kappa shape index (κ3) is 3.76. The van der Waals surface area contributed by atoms with Crippen LogP contribution in [0.3, 0.4) is 0 Å². The van der Waals surface area contributed by atoms with E-state index in [2.05, 4.69) is 45.3 Å². The van der Waals surface area contributed by atoms with E-state index in [9.17, 15) is 0 Å². The maximum atomic E-state index is 4.62. The van der Waals surface area contributed by atoms with Gasteiger partial charge in [0.15, 0.2) is 5.82 Å². The Kier molecular flexibility index (Phi) is 4.55. The molecule has 6 heteroatoms. The molecule has 1 unspecified atom stereocenters. The molecule has 3 rings (SSSR count). The largest absolute Gasteiger partial charge is 0.366 e. The minimum absolute atomic E-state index is 0.194. The molecule has 0 saturated heterocycles. The van der Waals surface area contributed by atoms with Crippen molar-refractivity contribution < 1.29 is 0 Å². The molecular formula is C18H22N6. The second-order valence-electron chi connectivity index (χ2n) is 6.11. The van der Waals surface area contributed by atoms with Crippen LogP contribution in [0.4, 0.5) is 5.82 Å². The van der Waals surface area contributed by atoms with Gasteiger partial charge in [-0.3, -0.25) is 9.67 Å². The molecule has 0 aliphatic rings. The minimum atomic E-state index is 0.194. The first kappa shape index (κ1) is 16.1. The Morgan fingerprint density at radius 1 is 1.12 bits per heavy atom. The van der Waals surface area contributed by atoms with Gasteiger partial charge in [0.05, 0.1) is 12.2 Å². The van der Waals surface area contributed by atoms with Crippen molar-refractivity contribution in [1.29, 1.82) is 0 Å². The smallest absolute Gasteiger partial charge is 0.163 e. The Labute approximate surface area is 142 Å². The average molecular weight is 322 g/mol. The van der Waals surface area contributed by atoms with Crippen molar-refractivity contribution in [3.05, 3.63) is 53.7 Å². The summed E-state index contributed by atoms with van der Waals surface area (Å²) in [7, 11) is 0. The van der Waals surface area contributed by atoms with E-state index in [1.807, 2.05) is 36.7 Å². The Balaban J connectivity index is 1.77. The van der Waals surface area contributed by atoms with E-state index in [0.717, 1.165) is 35.0 Å². The first-order valence-corrected chi connectivity index (χ1v) is 8.05. The van der Waals surface area contributed by atoms with Gasteiger partial charge in [-0.05, 0) is 45.9 Å². The summed E-state index contributed by atoms with van der Waals surface area (Å²) in [5.41, 5.74) is 4.03. The third-order valence-corrected chi connectivity index (χ3v) is 3.72. The van der Waals surface area contributed by atoms with Gasteiger partial charge in [-0.1, -0.05) is 0 Å². The van der Waals surface area contributed by atoms with Gasteiger partial charge in [-0.25, -0.2) is 9.97 Å². The summed E-state index contributed by atoms with van der Waals surface area (Å²) in [5, 5.41) is 7.96. The van der Waals surface area contributed by atoms with Crippen LogP contribution in [0.15, 0.2) is 36.7 Å². The molecule has 0 amide bonds. The van der Waals surface area contributed by atoms with Crippen molar-refractivity contribution in [2.24, 2.45) is 0 Å². The van der Waals surface area contributed by atoms with Crippen LogP contribution in [-0.4, -0.2) is 30.8 Å².